The van der Waals surface area contributed by atoms with Crippen molar-refractivity contribution in [3.63, 3.8) is 0 Å². The molecule has 32 heavy (non-hydrogen) atoms. The van der Waals surface area contributed by atoms with Crippen LogP contribution >= 0.6 is 45.2 Å². The Balaban J connectivity index is 4.33. The Morgan fingerprint density at radius 1 is 0.781 bits per heavy atom. The van der Waals surface area contributed by atoms with Crippen molar-refractivity contribution >= 4 is 74.6 Å². The molecule has 4 N–H and O–H groups in total. The van der Waals surface area contributed by atoms with Crippen LogP contribution in [0.25, 0.3) is 0 Å². The summed E-state index contributed by atoms with van der Waals surface area (Å²) >= 11 is 3.92. The first-order valence-electron chi connectivity index (χ1n) is 10.6. The minimum absolute atomic E-state index is 0.0540. The summed E-state index contributed by atoms with van der Waals surface area (Å²) in [6.45, 7) is 3.30. The van der Waals surface area contributed by atoms with Crippen LogP contribution in [0.2, 0.25) is 0 Å². The molecule has 0 aromatic carbocycles. The zero-order valence-electron chi connectivity index (χ0n) is 18.8. The van der Waals surface area contributed by atoms with E-state index in [0.717, 1.165) is 19.3 Å². The van der Waals surface area contributed by atoms with Crippen molar-refractivity contribution in [3.8, 4) is 0 Å². The summed E-state index contributed by atoms with van der Waals surface area (Å²) in [5.74, 6) is -0.528. The molecule has 0 fully saturated rings. The molecule has 0 aliphatic heterocycles. The Labute approximate surface area is 217 Å². The number of nitrogens with zero attached hydrogens (tertiary/aromatic N) is 1. The lowest BCUT2D eigenvalue weighted by Crippen LogP contribution is -2.43. The Bertz CT molecular complexity index is 599. The summed E-state index contributed by atoms with van der Waals surface area (Å²) in [7, 11) is 1.75. The van der Waals surface area contributed by atoms with E-state index in [0.29, 0.717) is 41.6 Å². The lowest BCUT2D eigenvalue weighted by molar-refractivity contribution is -0.134. The highest BCUT2D eigenvalue weighted by molar-refractivity contribution is 14.1. The van der Waals surface area contributed by atoms with E-state index >= 15 is 0 Å². The zero-order chi connectivity index (χ0) is 24.4. The third-order valence-corrected chi connectivity index (χ3v) is 6.04. The molecule has 0 rings (SSSR count). The monoisotopic (exact) mass is 679 g/mol. The lowest BCUT2D eigenvalue weighted by Gasteiger charge is -2.23. The quantitative estimate of drug-likeness (QED) is 0.0927. The molecule has 12 heteroatoms. The number of nitrogens with one attached hydrogen (secondary N) is 4. The minimum atomic E-state index is -0.203. The summed E-state index contributed by atoms with van der Waals surface area (Å²) < 4.78 is 0.671. The first kappa shape index (κ1) is 31.0. The maximum absolute atomic E-state index is 12.6. The van der Waals surface area contributed by atoms with E-state index in [1.54, 1.807) is 18.9 Å². The van der Waals surface area contributed by atoms with Gasteiger partial charge in [0.05, 0.1) is 14.9 Å². The van der Waals surface area contributed by atoms with Crippen LogP contribution in [0, 0.1) is 0 Å². The molecule has 4 amide bonds. The molecular weight excluding hydrogens is 644 g/mol. The summed E-state index contributed by atoms with van der Waals surface area (Å²) in [6.07, 6.45) is 2.41. The Morgan fingerprint density at radius 2 is 1.31 bits per heavy atom. The average molecular weight is 679 g/mol. The van der Waals surface area contributed by atoms with Crippen molar-refractivity contribution < 1.29 is 24.0 Å². The van der Waals surface area contributed by atoms with E-state index in [9.17, 15) is 24.0 Å². The standard InChI is InChI=1S/C20H35I2N5O5/c1-15(28)16(23-2)5-3-4-8-24-17(29)6-7-20(32)27(11-9-25-18(30)13-21)12-10-26-19(31)14-22/h16,23H,3-14H2,1-2H3,(H,24,29)(H,25,30)(H,26,31)/t16-/m0/s1. The van der Waals surface area contributed by atoms with Gasteiger partial charge in [-0.05, 0) is 33.2 Å². The molecule has 184 valence electrons. The molecule has 0 aromatic rings. The third kappa shape index (κ3) is 15.7. The van der Waals surface area contributed by atoms with Crippen LogP contribution in [-0.4, -0.2) is 89.0 Å². The van der Waals surface area contributed by atoms with E-state index in [4.69, 9.17) is 0 Å². The maximum Gasteiger partial charge on any atom is 0.229 e. The highest BCUT2D eigenvalue weighted by atomic mass is 127. The van der Waals surface area contributed by atoms with Crippen LogP contribution in [0.4, 0.5) is 0 Å². The smallest absolute Gasteiger partial charge is 0.229 e. The predicted octanol–water partition coefficient (Wildman–Crippen LogP) is 0.161. The molecular formula is C20H35I2N5O5. The SMILES string of the molecule is CN[C@@H](CCCCNC(=O)CCC(=O)N(CCNC(=O)CI)CCNC(=O)CI)C(C)=O. The molecule has 0 unspecified atom stereocenters. The molecule has 0 saturated carbocycles. The molecule has 0 aliphatic rings. The van der Waals surface area contributed by atoms with Gasteiger partial charge in [-0.15, -0.1) is 0 Å². The second-order valence-electron chi connectivity index (χ2n) is 7.15. The fourth-order valence-electron chi connectivity index (χ4n) is 2.84. The van der Waals surface area contributed by atoms with Gasteiger partial charge in [0.2, 0.25) is 23.6 Å². The van der Waals surface area contributed by atoms with Gasteiger partial charge in [0.25, 0.3) is 0 Å². The Kier molecular flexibility index (Phi) is 18.8. The second-order valence-corrected chi connectivity index (χ2v) is 8.67. The molecule has 0 aromatic heterocycles. The van der Waals surface area contributed by atoms with Crippen molar-refractivity contribution in [1.29, 1.82) is 0 Å². The summed E-state index contributed by atoms with van der Waals surface area (Å²) in [6, 6.07) is -0.155. The number of alkyl halides is 2. The summed E-state index contributed by atoms with van der Waals surface area (Å²) in [4.78, 5) is 60.3. The predicted molar refractivity (Wildman–Crippen MR) is 140 cm³/mol. The van der Waals surface area contributed by atoms with Gasteiger partial charge in [-0.1, -0.05) is 45.2 Å². The first-order chi connectivity index (χ1) is 15.2. The van der Waals surface area contributed by atoms with E-state index in [1.807, 2.05) is 45.2 Å². The van der Waals surface area contributed by atoms with Crippen molar-refractivity contribution in [3.05, 3.63) is 0 Å². The van der Waals surface area contributed by atoms with Gasteiger partial charge >= 0.3 is 0 Å². The van der Waals surface area contributed by atoms with Crippen LogP contribution in [0.15, 0.2) is 0 Å². The van der Waals surface area contributed by atoms with Crippen LogP contribution in [0.5, 0.6) is 0 Å². The van der Waals surface area contributed by atoms with Crippen LogP contribution in [-0.2, 0) is 24.0 Å². The van der Waals surface area contributed by atoms with Crippen LogP contribution in [0.3, 0.4) is 0 Å². The van der Waals surface area contributed by atoms with Crippen LogP contribution in [0.1, 0.15) is 39.0 Å². The number of likely N-dealkylation sites (N-methyl/N-ethyl adjacent to an activating group) is 1. The number of amides is 4. The van der Waals surface area contributed by atoms with Crippen molar-refractivity contribution in [2.45, 2.75) is 45.1 Å². The van der Waals surface area contributed by atoms with Gasteiger partial charge in [-0.25, -0.2) is 0 Å². The molecule has 0 bridgehead atoms. The molecule has 0 aliphatic carbocycles. The van der Waals surface area contributed by atoms with Gasteiger partial charge in [-0.3, -0.25) is 24.0 Å². The number of ketones is 1. The van der Waals surface area contributed by atoms with Crippen LogP contribution < -0.4 is 21.3 Å². The fourth-order valence-corrected chi connectivity index (χ4v) is 3.37. The zero-order valence-corrected chi connectivity index (χ0v) is 23.1. The number of hydrogen-bond acceptors (Lipinski definition) is 6. The Morgan fingerprint density at radius 3 is 1.78 bits per heavy atom. The maximum atomic E-state index is 12.6. The topological polar surface area (TPSA) is 137 Å². The molecule has 0 radical (unpaired) electrons. The summed E-state index contributed by atoms with van der Waals surface area (Å²) in [5.41, 5.74) is 0. The van der Waals surface area contributed by atoms with Crippen molar-refractivity contribution in [1.82, 2.24) is 26.2 Å². The van der Waals surface area contributed by atoms with E-state index < -0.39 is 0 Å². The molecule has 0 spiro atoms. The third-order valence-electron chi connectivity index (χ3n) is 4.65. The number of carbonyl (C=O) groups excluding carboxylic acids is 5. The number of unbranched alkanes of at least 4 members (excludes halogenated alkanes) is 1. The van der Waals surface area contributed by atoms with Gasteiger partial charge in [0, 0.05) is 45.6 Å². The van der Waals surface area contributed by atoms with Gasteiger partial charge < -0.3 is 26.2 Å². The number of hydrogen-bond donors (Lipinski definition) is 4. The van der Waals surface area contributed by atoms with E-state index in [1.165, 1.54) is 0 Å². The summed E-state index contributed by atoms with van der Waals surface area (Å²) in [5, 5.41) is 11.2. The first-order valence-corrected chi connectivity index (χ1v) is 13.7. The largest absolute Gasteiger partial charge is 0.356 e. The number of rotatable bonds is 18. The molecule has 1 atom stereocenters. The molecule has 0 heterocycles. The molecule has 0 saturated heterocycles. The van der Waals surface area contributed by atoms with Gasteiger partial charge in [0.1, 0.15) is 5.78 Å². The van der Waals surface area contributed by atoms with Gasteiger partial charge in [0.15, 0.2) is 0 Å². The average Bonchev–Trinajstić information content (AvgIpc) is 2.77. The normalized spacial score (nSPS) is 11.4. The number of halogens is 2. The molecule has 10 nitrogen and oxygen atoms in total. The van der Waals surface area contributed by atoms with Crippen molar-refractivity contribution in [2.24, 2.45) is 0 Å². The number of Topliss-reactive ketones (excluding diaryl/α,β-unsaturated/α-hetero) is 1. The highest BCUT2D eigenvalue weighted by Crippen LogP contribution is 2.02. The highest BCUT2D eigenvalue weighted by Gasteiger charge is 2.16. The lowest BCUT2D eigenvalue weighted by atomic mass is 10.1. The van der Waals surface area contributed by atoms with Gasteiger partial charge in [-0.2, -0.15) is 0 Å². The minimum Gasteiger partial charge on any atom is -0.356 e. The van der Waals surface area contributed by atoms with Crippen molar-refractivity contribution in [2.75, 3.05) is 48.6 Å². The second kappa shape index (κ2) is 19.4. The Hall–Kier alpha value is -1.03. The number of carbonyl (C=O) groups is 5. The van der Waals surface area contributed by atoms with E-state index in [2.05, 4.69) is 21.3 Å². The van der Waals surface area contributed by atoms with E-state index in [-0.39, 0.29) is 48.3 Å². The fraction of sp³-hybridized carbons (Fsp3) is 0.750.